The first-order chi connectivity index (χ1) is 18.9. The Morgan fingerprint density at radius 2 is 1.90 bits per heavy atom. The van der Waals surface area contributed by atoms with Crippen LogP contribution in [0.15, 0.2) is 47.4 Å². The molecule has 1 aromatic heterocycles. The first-order valence-electron chi connectivity index (χ1n) is 12.3. The third-order valence-electron chi connectivity index (χ3n) is 6.31. The highest BCUT2D eigenvalue weighted by Crippen LogP contribution is 2.45. The number of amides is 1. The number of carbonyl (C=O) groups is 2. The van der Waals surface area contributed by atoms with E-state index in [0.29, 0.717) is 35.8 Å². The molecule has 3 aromatic rings. The van der Waals surface area contributed by atoms with Gasteiger partial charge in [-0.1, -0.05) is 12.1 Å². The summed E-state index contributed by atoms with van der Waals surface area (Å²) >= 11 is 0. The van der Waals surface area contributed by atoms with Gasteiger partial charge >= 0.3 is 5.97 Å². The van der Waals surface area contributed by atoms with E-state index in [-0.39, 0.29) is 36.9 Å². The SMILES string of the molecule is CCOC(=O)c1c[nH]c(=O)c([C@H](CC(=O)NCCc2ccc(OC)cc2)c2cc(OC)c3c(c2)OCO3)c1O. The molecule has 4 rings (SSSR count). The average molecular weight is 539 g/mol. The van der Waals surface area contributed by atoms with E-state index in [9.17, 15) is 19.5 Å². The molecular formula is C28H30N2O9. The molecule has 0 radical (unpaired) electrons. The molecule has 11 heteroatoms. The fourth-order valence-corrected chi connectivity index (χ4v) is 4.36. The molecular weight excluding hydrogens is 508 g/mol. The van der Waals surface area contributed by atoms with Crippen LogP contribution < -0.4 is 29.8 Å². The summed E-state index contributed by atoms with van der Waals surface area (Å²) in [5.41, 5.74) is 0.414. The maximum absolute atomic E-state index is 13.1. The second-order valence-corrected chi connectivity index (χ2v) is 8.68. The molecule has 0 unspecified atom stereocenters. The predicted molar refractivity (Wildman–Crippen MR) is 140 cm³/mol. The maximum atomic E-state index is 13.1. The number of nitrogens with one attached hydrogen (secondary N) is 2. The molecule has 1 atom stereocenters. The zero-order valence-corrected chi connectivity index (χ0v) is 21.9. The number of pyridine rings is 1. The zero-order valence-electron chi connectivity index (χ0n) is 21.9. The second kappa shape index (κ2) is 12.2. The van der Waals surface area contributed by atoms with Crippen molar-refractivity contribution in [2.45, 2.75) is 25.7 Å². The number of H-pyrrole nitrogens is 1. The van der Waals surface area contributed by atoms with Gasteiger partial charge in [0.1, 0.15) is 17.1 Å². The smallest absolute Gasteiger partial charge is 0.343 e. The van der Waals surface area contributed by atoms with Crippen molar-refractivity contribution in [2.75, 3.05) is 34.2 Å². The number of aromatic hydroxyl groups is 1. The number of esters is 1. The van der Waals surface area contributed by atoms with Crippen LogP contribution in [0.5, 0.6) is 28.7 Å². The quantitative estimate of drug-likeness (QED) is 0.314. The van der Waals surface area contributed by atoms with Crippen LogP contribution in [0.2, 0.25) is 0 Å². The van der Waals surface area contributed by atoms with Crippen molar-refractivity contribution in [3.63, 3.8) is 0 Å². The summed E-state index contributed by atoms with van der Waals surface area (Å²) in [6.07, 6.45) is 1.45. The normalized spacial score (nSPS) is 12.5. The van der Waals surface area contributed by atoms with E-state index in [0.717, 1.165) is 17.5 Å². The molecule has 1 amide bonds. The minimum absolute atomic E-state index is 0.0180. The Bertz CT molecular complexity index is 1400. The van der Waals surface area contributed by atoms with Gasteiger partial charge in [-0.2, -0.15) is 0 Å². The Hall–Kier alpha value is -4.67. The van der Waals surface area contributed by atoms with Crippen LogP contribution in [0.3, 0.4) is 0 Å². The molecule has 1 aliphatic heterocycles. The van der Waals surface area contributed by atoms with Crippen LogP contribution in [0.4, 0.5) is 0 Å². The molecule has 0 saturated heterocycles. The molecule has 3 N–H and O–H groups in total. The summed E-state index contributed by atoms with van der Waals surface area (Å²) in [5, 5.41) is 13.9. The maximum Gasteiger partial charge on any atom is 0.343 e. The van der Waals surface area contributed by atoms with E-state index in [4.69, 9.17) is 23.7 Å². The number of hydrogen-bond acceptors (Lipinski definition) is 9. The fraction of sp³-hybridized carbons (Fsp3) is 0.321. The number of carbonyl (C=O) groups excluding carboxylic acids is 2. The van der Waals surface area contributed by atoms with Gasteiger partial charge in [0.15, 0.2) is 11.5 Å². The van der Waals surface area contributed by atoms with Crippen molar-refractivity contribution in [1.82, 2.24) is 10.3 Å². The molecule has 0 saturated carbocycles. The van der Waals surface area contributed by atoms with Gasteiger partial charge in [-0.05, 0) is 48.7 Å². The molecule has 206 valence electrons. The number of aromatic amines is 1. The summed E-state index contributed by atoms with van der Waals surface area (Å²) in [5.74, 6) is -0.877. The largest absolute Gasteiger partial charge is 0.506 e. The van der Waals surface area contributed by atoms with Crippen LogP contribution in [-0.4, -0.2) is 56.1 Å². The lowest BCUT2D eigenvalue weighted by Gasteiger charge is -2.20. The summed E-state index contributed by atoms with van der Waals surface area (Å²) in [7, 11) is 3.04. The molecule has 0 bridgehead atoms. The molecule has 0 spiro atoms. The minimum Gasteiger partial charge on any atom is -0.506 e. The minimum atomic E-state index is -0.965. The van der Waals surface area contributed by atoms with E-state index < -0.39 is 23.2 Å². The van der Waals surface area contributed by atoms with Crippen molar-refractivity contribution in [2.24, 2.45) is 0 Å². The highest BCUT2D eigenvalue weighted by molar-refractivity contribution is 5.92. The molecule has 11 nitrogen and oxygen atoms in total. The van der Waals surface area contributed by atoms with Crippen LogP contribution in [0.1, 0.15) is 46.3 Å². The first-order valence-corrected chi connectivity index (χ1v) is 12.3. The van der Waals surface area contributed by atoms with Crippen molar-refractivity contribution < 1.29 is 38.4 Å². The van der Waals surface area contributed by atoms with Crippen LogP contribution >= 0.6 is 0 Å². The third-order valence-corrected chi connectivity index (χ3v) is 6.31. The summed E-state index contributed by atoms with van der Waals surface area (Å²) in [6, 6.07) is 10.7. The van der Waals surface area contributed by atoms with Crippen molar-refractivity contribution in [1.29, 1.82) is 0 Å². The Labute approximate surface area is 224 Å². The number of hydrogen-bond donors (Lipinski definition) is 3. The van der Waals surface area contributed by atoms with Gasteiger partial charge in [0, 0.05) is 25.1 Å². The van der Waals surface area contributed by atoms with E-state index in [1.807, 2.05) is 24.3 Å². The van der Waals surface area contributed by atoms with E-state index in [1.54, 1.807) is 26.2 Å². The Kier molecular flexibility index (Phi) is 8.60. The Balaban J connectivity index is 1.65. The van der Waals surface area contributed by atoms with Crippen molar-refractivity contribution >= 4 is 11.9 Å². The van der Waals surface area contributed by atoms with Crippen LogP contribution in [0, 0.1) is 0 Å². The van der Waals surface area contributed by atoms with Gasteiger partial charge in [0.05, 0.1) is 26.4 Å². The topological polar surface area (TPSA) is 145 Å². The predicted octanol–water partition coefficient (Wildman–Crippen LogP) is 2.88. The molecule has 2 heterocycles. The molecule has 0 fully saturated rings. The van der Waals surface area contributed by atoms with E-state index >= 15 is 0 Å². The lowest BCUT2D eigenvalue weighted by Crippen LogP contribution is -2.29. The summed E-state index contributed by atoms with van der Waals surface area (Å²) in [6.45, 7) is 2.02. The van der Waals surface area contributed by atoms with Gasteiger partial charge in [-0.25, -0.2) is 4.79 Å². The lowest BCUT2D eigenvalue weighted by molar-refractivity contribution is -0.121. The zero-order chi connectivity index (χ0) is 27.9. The highest BCUT2D eigenvalue weighted by Gasteiger charge is 2.31. The van der Waals surface area contributed by atoms with Gasteiger partial charge in [-0.3, -0.25) is 9.59 Å². The van der Waals surface area contributed by atoms with Crippen LogP contribution in [0.25, 0.3) is 0 Å². The average Bonchev–Trinajstić information content (AvgIpc) is 3.41. The van der Waals surface area contributed by atoms with E-state index in [1.165, 1.54) is 7.11 Å². The van der Waals surface area contributed by atoms with Crippen LogP contribution in [-0.2, 0) is 16.0 Å². The van der Waals surface area contributed by atoms with Gasteiger partial charge in [-0.15, -0.1) is 0 Å². The standard InChI is InChI=1S/C28H30N2O9/c1-4-37-28(34)20-14-30-27(33)24(25(20)32)19(17-11-21(36-3)26-22(12-17)38-15-39-26)13-23(31)29-10-9-16-5-7-18(35-2)8-6-16/h5-8,11-12,14,19H,4,9-10,13,15H2,1-3H3,(H,29,31)(H2,30,32,33)/t19-/m1/s1. The lowest BCUT2D eigenvalue weighted by atomic mass is 9.87. The van der Waals surface area contributed by atoms with Gasteiger partial charge in [0.25, 0.3) is 5.56 Å². The molecule has 39 heavy (non-hydrogen) atoms. The number of methoxy groups -OCH3 is 2. The molecule has 2 aromatic carbocycles. The van der Waals surface area contributed by atoms with Gasteiger partial charge < -0.3 is 39.1 Å². The monoisotopic (exact) mass is 538 g/mol. The number of rotatable bonds is 11. The number of benzene rings is 2. The highest BCUT2D eigenvalue weighted by atomic mass is 16.7. The second-order valence-electron chi connectivity index (χ2n) is 8.68. The van der Waals surface area contributed by atoms with Crippen molar-refractivity contribution in [3.8, 4) is 28.7 Å². The summed E-state index contributed by atoms with van der Waals surface area (Å²) in [4.78, 5) is 41.0. The molecule has 0 aliphatic carbocycles. The first kappa shape index (κ1) is 27.4. The number of fused-ring (bicyclic) bond motifs is 1. The number of aromatic nitrogens is 1. The molecule has 1 aliphatic rings. The number of ether oxygens (including phenoxy) is 5. The third kappa shape index (κ3) is 6.08. The van der Waals surface area contributed by atoms with E-state index in [2.05, 4.69) is 10.3 Å². The van der Waals surface area contributed by atoms with Crippen molar-refractivity contribution in [3.05, 3.63) is 75.2 Å². The Morgan fingerprint density at radius 3 is 2.59 bits per heavy atom. The Morgan fingerprint density at radius 1 is 1.13 bits per heavy atom. The van der Waals surface area contributed by atoms with Gasteiger partial charge in [0.2, 0.25) is 18.4 Å². The fourth-order valence-electron chi connectivity index (χ4n) is 4.36. The summed E-state index contributed by atoms with van der Waals surface area (Å²) < 4.78 is 26.6.